The molecule has 136 valence electrons. The molecule has 25 heavy (non-hydrogen) atoms. The summed E-state index contributed by atoms with van der Waals surface area (Å²) >= 11 is 0. The second-order valence-corrected chi connectivity index (χ2v) is 8.15. The first kappa shape index (κ1) is 19.1. The first-order valence-electron chi connectivity index (χ1n) is 7.94. The number of carbonyl (C=O) groups is 2. The van der Waals surface area contributed by atoms with Crippen LogP contribution in [0.15, 0.2) is 41.3 Å². The second kappa shape index (κ2) is 8.26. The molecule has 0 unspecified atom stereocenters. The normalized spacial score (nSPS) is 16.8. The van der Waals surface area contributed by atoms with Crippen molar-refractivity contribution in [1.29, 1.82) is 0 Å². The van der Waals surface area contributed by atoms with Crippen LogP contribution in [0, 0.1) is 5.92 Å². The van der Waals surface area contributed by atoms with E-state index in [2.05, 4.69) is 5.32 Å². The summed E-state index contributed by atoms with van der Waals surface area (Å²) < 4.78 is 30.2. The van der Waals surface area contributed by atoms with Crippen LogP contribution >= 0.6 is 0 Å². The van der Waals surface area contributed by atoms with E-state index in [-0.39, 0.29) is 17.2 Å². The molecule has 1 amide bonds. The van der Waals surface area contributed by atoms with Crippen LogP contribution in [0.5, 0.6) is 0 Å². The van der Waals surface area contributed by atoms with E-state index in [0.29, 0.717) is 5.69 Å². The number of amides is 1. The fourth-order valence-electron chi connectivity index (χ4n) is 2.43. The molecule has 1 aromatic rings. The number of carbonyl (C=O) groups excluding carboxylic acids is 2. The lowest BCUT2D eigenvalue weighted by molar-refractivity contribution is -0.147. The molecule has 0 saturated heterocycles. The molecular formula is C17H22N2O5S. The fraction of sp³-hybridized carbons (Fsp3) is 0.412. The van der Waals surface area contributed by atoms with Crippen LogP contribution < -0.4 is 5.32 Å². The number of rotatable bonds is 7. The number of ether oxygens (including phenoxy) is 1. The summed E-state index contributed by atoms with van der Waals surface area (Å²) in [5.41, 5.74) is 0.322. The van der Waals surface area contributed by atoms with Gasteiger partial charge in [0.05, 0.1) is 11.3 Å². The minimum Gasteiger partial charge on any atom is -0.456 e. The third-order valence-corrected chi connectivity index (χ3v) is 5.61. The Morgan fingerprint density at radius 3 is 2.72 bits per heavy atom. The van der Waals surface area contributed by atoms with Crippen molar-refractivity contribution < 1.29 is 22.7 Å². The van der Waals surface area contributed by atoms with Crippen molar-refractivity contribution in [2.45, 2.75) is 24.2 Å². The number of nitrogens with zero attached hydrogens (tertiary/aromatic N) is 1. The van der Waals surface area contributed by atoms with E-state index in [9.17, 15) is 18.0 Å². The van der Waals surface area contributed by atoms with E-state index in [4.69, 9.17) is 4.74 Å². The van der Waals surface area contributed by atoms with Crippen molar-refractivity contribution in [2.24, 2.45) is 5.92 Å². The molecule has 0 spiro atoms. The molecule has 0 fully saturated rings. The molecule has 2 rings (SSSR count). The molecule has 0 bridgehead atoms. The fourth-order valence-corrected chi connectivity index (χ4v) is 3.37. The average molecular weight is 366 g/mol. The van der Waals surface area contributed by atoms with Gasteiger partial charge < -0.3 is 10.1 Å². The number of anilines is 1. The molecule has 8 heteroatoms. The van der Waals surface area contributed by atoms with Gasteiger partial charge in [-0.05, 0) is 37.0 Å². The van der Waals surface area contributed by atoms with Crippen molar-refractivity contribution in [2.75, 3.05) is 26.0 Å². The highest BCUT2D eigenvalue weighted by Crippen LogP contribution is 2.21. The minimum atomic E-state index is -3.58. The number of sulfonamides is 1. The molecule has 7 nitrogen and oxygen atoms in total. The van der Waals surface area contributed by atoms with Gasteiger partial charge in [0, 0.05) is 19.8 Å². The first-order valence-corrected chi connectivity index (χ1v) is 9.38. The zero-order valence-corrected chi connectivity index (χ0v) is 15.1. The van der Waals surface area contributed by atoms with E-state index in [1.165, 1.54) is 32.3 Å². The van der Waals surface area contributed by atoms with Gasteiger partial charge in [0.1, 0.15) is 0 Å². The number of hydrogen-bond acceptors (Lipinski definition) is 5. The van der Waals surface area contributed by atoms with E-state index in [1.54, 1.807) is 6.07 Å². The number of nitrogens with one attached hydrogen (secondary N) is 1. The van der Waals surface area contributed by atoms with Crippen LogP contribution in [0.3, 0.4) is 0 Å². The summed E-state index contributed by atoms with van der Waals surface area (Å²) in [7, 11) is -0.724. The van der Waals surface area contributed by atoms with E-state index < -0.39 is 28.5 Å². The van der Waals surface area contributed by atoms with Gasteiger partial charge in [0.2, 0.25) is 10.0 Å². The van der Waals surface area contributed by atoms with Gasteiger partial charge in [-0.15, -0.1) is 0 Å². The average Bonchev–Trinajstić information content (AvgIpc) is 3.06. The molecule has 1 aliphatic carbocycles. The van der Waals surface area contributed by atoms with Gasteiger partial charge in [-0.2, -0.15) is 0 Å². The van der Waals surface area contributed by atoms with E-state index in [0.717, 1.165) is 17.1 Å². The van der Waals surface area contributed by atoms with Crippen molar-refractivity contribution in [3.05, 3.63) is 36.4 Å². The van der Waals surface area contributed by atoms with Crippen LogP contribution in [0.25, 0.3) is 0 Å². The van der Waals surface area contributed by atoms with Crippen molar-refractivity contribution >= 4 is 27.6 Å². The highest BCUT2D eigenvalue weighted by atomic mass is 32.2. The lowest BCUT2D eigenvalue weighted by Gasteiger charge is -2.13. The maximum Gasteiger partial charge on any atom is 0.306 e. The highest BCUT2D eigenvalue weighted by molar-refractivity contribution is 7.89. The summed E-state index contributed by atoms with van der Waals surface area (Å²) in [6.07, 6.45) is 6.16. The maximum absolute atomic E-state index is 12.1. The van der Waals surface area contributed by atoms with Gasteiger partial charge in [-0.3, -0.25) is 9.59 Å². The summed E-state index contributed by atoms with van der Waals surface area (Å²) in [4.78, 5) is 23.7. The Morgan fingerprint density at radius 1 is 1.32 bits per heavy atom. The Labute approximate surface area is 147 Å². The Balaban J connectivity index is 1.88. The molecule has 0 aliphatic heterocycles. The number of hydrogen-bond donors (Lipinski definition) is 1. The molecule has 1 aromatic carbocycles. The zero-order chi connectivity index (χ0) is 18.4. The van der Waals surface area contributed by atoms with Gasteiger partial charge in [0.15, 0.2) is 6.61 Å². The predicted molar refractivity (Wildman–Crippen MR) is 93.4 cm³/mol. The standard InChI is InChI=1S/C17H22N2O5S/c1-19(2)25(22,23)15-9-5-8-14(11-15)18-16(20)12-24-17(21)10-13-6-3-4-7-13/h3,5-6,8-9,11,13H,4,7,10,12H2,1-2H3,(H,18,20)/t13-/m0/s1. The topological polar surface area (TPSA) is 92.8 Å². The molecular weight excluding hydrogens is 344 g/mol. The number of esters is 1. The zero-order valence-electron chi connectivity index (χ0n) is 14.3. The largest absolute Gasteiger partial charge is 0.456 e. The third-order valence-electron chi connectivity index (χ3n) is 3.80. The van der Waals surface area contributed by atoms with Crippen molar-refractivity contribution in [3.63, 3.8) is 0 Å². The van der Waals surface area contributed by atoms with Gasteiger partial charge in [-0.1, -0.05) is 18.2 Å². The molecule has 0 heterocycles. The van der Waals surface area contributed by atoms with Crippen LogP contribution in [-0.4, -0.2) is 45.3 Å². The minimum absolute atomic E-state index is 0.0697. The van der Waals surface area contributed by atoms with Gasteiger partial charge >= 0.3 is 5.97 Å². The number of allylic oxidation sites excluding steroid dienone is 2. The second-order valence-electron chi connectivity index (χ2n) is 5.99. The van der Waals surface area contributed by atoms with Crippen LogP contribution in [0.1, 0.15) is 19.3 Å². The quantitative estimate of drug-likeness (QED) is 0.586. The van der Waals surface area contributed by atoms with Crippen molar-refractivity contribution in [3.8, 4) is 0 Å². The third kappa shape index (κ3) is 5.40. The maximum atomic E-state index is 12.1. The Kier molecular flexibility index (Phi) is 6.33. The Morgan fingerprint density at radius 2 is 2.08 bits per heavy atom. The van der Waals surface area contributed by atoms with Crippen molar-refractivity contribution in [1.82, 2.24) is 4.31 Å². The SMILES string of the molecule is CN(C)S(=O)(=O)c1cccc(NC(=O)COC(=O)C[C@H]2C=CCC2)c1. The number of benzene rings is 1. The summed E-state index contributed by atoms with van der Waals surface area (Å²) in [5, 5.41) is 2.53. The summed E-state index contributed by atoms with van der Waals surface area (Å²) in [5.74, 6) is -0.756. The lowest BCUT2D eigenvalue weighted by atomic mass is 10.1. The predicted octanol–water partition coefficient (Wildman–Crippen LogP) is 1.77. The monoisotopic (exact) mass is 366 g/mol. The van der Waals surface area contributed by atoms with Crippen LogP contribution in [0.4, 0.5) is 5.69 Å². The van der Waals surface area contributed by atoms with E-state index >= 15 is 0 Å². The highest BCUT2D eigenvalue weighted by Gasteiger charge is 2.18. The molecule has 1 atom stereocenters. The molecule has 0 aromatic heterocycles. The van der Waals surface area contributed by atoms with Gasteiger partial charge in [0.25, 0.3) is 5.91 Å². The molecule has 0 saturated carbocycles. The molecule has 1 N–H and O–H groups in total. The molecule has 0 radical (unpaired) electrons. The smallest absolute Gasteiger partial charge is 0.306 e. The first-order chi connectivity index (χ1) is 11.8. The summed E-state index contributed by atoms with van der Waals surface area (Å²) in [6, 6.07) is 5.90. The van der Waals surface area contributed by atoms with E-state index in [1.807, 2.05) is 12.2 Å². The lowest BCUT2D eigenvalue weighted by Crippen LogP contribution is -2.23. The van der Waals surface area contributed by atoms with Gasteiger partial charge in [-0.25, -0.2) is 12.7 Å². The Bertz CT molecular complexity index is 771. The van der Waals surface area contributed by atoms with Crippen LogP contribution in [0.2, 0.25) is 0 Å². The Hall–Kier alpha value is -2.19. The van der Waals surface area contributed by atoms with Crippen LogP contribution in [-0.2, 0) is 24.3 Å². The molecule has 1 aliphatic rings. The summed E-state index contributed by atoms with van der Waals surface area (Å²) in [6.45, 7) is -0.403.